The van der Waals surface area contributed by atoms with Crippen LogP contribution in [0.15, 0.2) is 71.4 Å². The van der Waals surface area contributed by atoms with Crippen LogP contribution in [0.4, 0.5) is 0 Å². The van der Waals surface area contributed by atoms with Crippen molar-refractivity contribution in [2.24, 2.45) is 0 Å². The minimum absolute atomic E-state index is 0.0550. The first-order chi connectivity index (χ1) is 32.5. The summed E-state index contributed by atoms with van der Waals surface area (Å²) in [7, 11) is 0. The average molecular weight is 923 g/mol. The molecule has 0 N–H and O–H groups in total. The van der Waals surface area contributed by atoms with Crippen molar-refractivity contribution < 1.29 is 9.59 Å². The maximum absolute atomic E-state index is 11.9. The van der Waals surface area contributed by atoms with Gasteiger partial charge in [0.25, 0.3) is 0 Å². The number of fused-ring (bicyclic) bond motifs is 6. The molecule has 2 heterocycles. The Morgan fingerprint density at radius 3 is 0.955 bits per heavy atom. The first kappa shape index (κ1) is 50.3. The Hall–Kier alpha value is -3.60. The average Bonchev–Trinajstić information content (AvgIpc) is 4.14. The highest BCUT2D eigenvalue weighted by Gasteiger charge is 2.48. The van der Waals surface area contributed by atoms with E-state index in [1.54, 1.807) is 33.8 Å². The number of hydrogen-bond donors (Lipinski definition) is 0. The summed E-state index contributed by atoms with van der Waals surface area (Å²) in [4.78, 5) is 25.4. The predicted molar refractivity (Wildman–Crippen MR) is 288 cm³/mol. The van der Waals surface area contributed by atoms with E-state index in [0.29, 0.717) is 0 Å². The molecule has 0 fully saturated rings. The molecule has 0 saturated heterocycles. The van der Waals surface area contributed by atoms with Gasteiger partial charge in [-0.25, -0.2) is 0 Å². The molecule has 5 aromatic rings. The SMILES string of the molecule is CCCCCCCCC1(CCCCCCCC)c2cc(-c3csc(C=O)c3)ccc2-c2cc3c(cc21)-c1ccc(-c2csc(C=O)c2)cc1C3(CCCCCCCC)CCCCCCCC. The number of hydrogen-bond acceptors (Lipinski definition) is 4. The number of carbonyl (C=O) groups is 2. The van der Waals surface area contributed by atoms with Gasteiger partial charge in [0.1, 0.15) is 0 Å². The van der Waals surface area contributed by atoms with Gasteiger partial charge in [-0.1, -0.05) is 206 Å². The minimum atomic E-state index is -0.0550. The Labute approximate surface area is 408 Å². The number of unbranched alkanes of at least 4 members (excludes halogenated alkanes) is 20. The van der Waals surface area contributed by atoms with Crippen LogP contribution in [-0.4, -0.2) is 12.6 Å². The van der Waals surface area contributed by atoms with E-state index in [1.807, 2.05) is 0 Å². The van der Waals surface area contributed by atoms with Crippen LogP contribution in [-0.2, 0) is 10.8 Å². The van der Waals surface area contributed by atoms with Crippen molar-refractivity contribution in [3.05, 3.63) is 103 Å². The van der Waals surface area contributed by atoms with Gasteiger partial charge in [0.2, 0.25) is 0 Å². The van der Waals surface area contributed by atoms with Gasteiger partial charge in [0, 0.05) is 10.8 Å². The van der Waals surface area contributed by atoms with Gasteiger partial charge in [-0.2, -0.15) is 0 Å². The first-order valence-corrected chi connectivity index (χ1v) is 28.8. The van der Waals surface area contributed by atoms with Gasteiger partial charge >= 0.3 is 0 Å². The lowest BCUT2D eigenvalue weighted by Crippen LogP contribution is -2.27. The topological polar surface area (TPSA) is 34.1 Å². The summed E-state index contributed by atoms with van der Waals surface area (Å²) in [6.07, 6.45) is 38.0. The third-order valence-electron chi connectivity index (χ3n) is 15.8. The van der Waals surface area contributed by atoms with Gasteiger partial charge in [-0.05, 0) is 140 Å². The van der Waals surface area contributed by atoms with Crippen molar-refractivity contribution in [2.75, 3.05) is 0 Å². The monoisotopic (exact) mass is 923 g/mol. The predicted octanol–water partition coefficient (Wildman–Crippen LogP) is 20.3. The quantitative estimate of drug-likeness (QED) is 0.0318. The van der Waals surface area contributed by atoms with Gasteiger partial charge in [-0.15, -0.1) is 22.7 Å². The van der Waals surface area contributed by atoms with Gasteiger partial charge in [-0.3, -0.25) is 9.59 Å². The molecule has 0 atom stereocenters. The number of thiophene rings is 2. The summed E-state index contributed by atoms with van der Waals surface area (Å²) in [5.74, 6) is 0. The molecule has 0 amide bonds. The number of benzene rings is 3. The minimum Gasteiger partial charge on any atom is -0.297 e. The molecule has 354 valence electrons. The zero-order valence-corrected chi connectivity index (χ0v) is 43.1. The number of carbonyl (C=O) groups excluding carboxylic acids is 2. The standard InChI is InChI=1S/C62H82O2S2/c1-5-9-13-17-21-25-33-61(34-26-22-18-14-10-6-2)57-39-47(49-37-51(43-63)65-45-49)29-31-53(57)55-42-60-56(41-59(55)61)54-32-30-48(50-38-52(44-64)66-46-50)40-58(54)62(60,35-27-23-19-15-11-7-3)36-28-24-20-16-12-8-4/h29-32,37-46H,5-28,33-36H2,1-4H3. The van der Waals surface area contributed by atoms with Crippen LogP contribution >= 0.6 is 22.7 Å². The lowest BCUT2D eigenvalue weighted by molar-refractivity contribution is 0.111. The van der Waals surface area contributed by atoms with E-state index in [1.165, 1.54) is 235 Å². The molecule has 2 aliphatic rings. The van der Waals surface area contributed by atoms with E-state index in [-0.39, 0.29) is 10.8 Å². The van der Waals surface area contributed by atoms with Gasteiger partial charge < -0.3 is 0 Å². The second-order valence-corrected chi connectivity index (χ2v) is 22.3. The molecule has 0 saturated carbocycles. The van der Waals surface area contributed by atoms with Crippen LogP contribution in [0.25, 0.3) is 44.5 Å². The number of rotatable bonds is 32. The van der Waals surface area contributed by atoms with Crippen molar-refractivity contribution in [2.45, 2.75) is 218 Å². The van der Waals surface area contributed by atoms with E-state index < -0.39 is 0 Å². The maximum Gasteiger partial charge on any atom is 0.160 e. The van der Waals surface area contributed by atoms with Crippen LogP contribution in [0.5, 0.6) is 0 Å². The smallest absolute Gasteiger partial charge is 0.160 e. The third kappa shape index (κ3) is 11.5. The largest absolute Gasteiger partial charge is 0.297 e. The fourth-order valence-corrected chi connectivity index (χ4v) is 13.6. The molecule has 0 bridgehead atoms. The summed E-state index contributed by atoms with van der Waals surface area (Å²) in [5.41, 5.74) is 16.8. The van der Waals surface area contributed by atoms with Crippen molar-refractivity contribution in [3.8, 4) is 44.5 Å². The Bertz CT molecular complexity index is 2110. The zero-order chi connectivity index (χ0) is 46.2. The summed E-state index contributed by atoms with van der Waals surface area (Å²) in [6.45, 7) is 9.29. The zero-order valence-electron chi connectivity index (χ0n) is 41.5. The molecule has 7 rings (SSSR count). The van der Waals surface area contributed by atoms with Crippen molar-refractivity contribution in [1.82, 2.24) is 0 Å². The Kier molecular flexibility index (Phi) is 19.1. The second-order valence-electron chi connectivity index (χ2n) is 20.4. The summed E-state index contributed by atoms with van der Waals surface area (Å²) in [5, 5.41) is 4.37. The van der Waals surface area contributed by atoms with Crippen LogP contribution in [0.2, 0.25) is 0 Å². The normalized spacial score (nSPS) is 14.0. The Morgan fingerprint density at radius 1 is 0.348 bits per heavy atom. The molecule has 66 heavy (non-hydrogen) atoms. The van der Waals surface area contributed by atoms with E-state index in [4.69, 9.17) is 0 Å². The molecule has 2 aromatic heterocycles. The molecular weight excluding hydrogens is 841 g/mol. The van der Waals surface area contributed by atoms with E-state index >= 15 is 0 Å². The molecule has 0 unspecified atom stereocenters. The fraction of sp³-hybridized carbons (Fsp3) is 0.548. The molecule has 0 spiro atoms. The highest BCUT2D eigenvalue weighted by molar-refractivity contribution is 7.12. The number of aldehydes is 2. The van der Waals surface area contributed by atoms with E-state index in [9.17, 15) is 9.59 Å². The summed E-state index contributed by atoms with van der Waals surface area (Å²) < 4.78 is 0. The summed E-state index contributed by atoms with van der Waals surface area (Å²) >= 11 is 3.12. The highest BCUT2D eigenvalue weighted by atomic mass is 32.1. The van der Waals surface area contributed by atoms with Gasteiger partial charge in [0.05, 0.1) is 9.75 Å². The molecule has 2 nitrogen and oxygen atoms in total. The van der Waals surface area contributed by atoms with Crippen LogP contribution in [0.1, 0.15) is 249 Å². The van der Waals surface area contributed by atoms with Crippen molar-refractivity contribution in [1.29, 1.82) is 0 Å². The Morgan fingerprint density at radius 2 is 0.652 bits per heavy atom. The third-order valence-corrected chi connectivity index (χ3v) is 17.5. The van der Waals surface area contributed by atoms with Crippen LogP contribution < -0.4 is 0 Å². The maximum atomic E-state index is 11.9. The first-order valence-electron chi connectivity index (χ1n) is 27.0. The van der Waals surface area contributed by atoms with E-state index in [0.717, 1.165) is 22.3 Å². The molecule has 0 aliphatic heterocycles. The highest BCUT2D eigenvalue weighted by Crippen LogP contribution is 2.61. The summed E-state index contributed by atoms with van der Waals surface area (Å²) in [6, 6.07) is 24.5. The van der Waals surface area contributed by atoms with Crippen LogP contribution in [0.3, 0.4) is 0 Å². The van der Waals surface area contributed by atoms with E-state index in [2.05, 4.69) is 99.1 Å². The van der Waals surface area contributed by atoms with Crippen molar-refractivity contribution >= 4 is 35.2 Å². The molecule has 4 heteroatoms. The lowest BCUT2D eigenvalue weighted by atomic mass is 9.68. The second kappa shape index (κ2) is 25.1. The van der Waals surface area contributed by atoms with Gasteiger partial charge in [0.15, 0.2) is 12.6 Å². The molecule has 2 aliphatic carbocycles. The molecular formula is C62H82O2S2. The fourth-order valence-electron chi connectivity index (χ4n) is 12.1. The van der Waals surface area contributed by atoms with Crippen molar-refractivity contribution in [3.63, 3.8) is 0 Å². The van der Waals surface area contributed by atoms with Crippen LogP contribution in [0, 0.1) is 0 Å². The Balaban J connectivity index is 1.40. The molecule has 0 radical (unpaired) electrons. The molecule has 3 aromatic carbocycles. The lowest BCUT2D eigenvalue weighted by Gasteiger charge is -2.35.